The Morgan fingerprint density at radius 2 is 1.84 bits per heavy atom. The quantitative estimate of drug-likeness (QED) is 0.769. The van der Waals surface area contributed by atoms with E-state index in [1.54, 1.807) is 0 Å². The molecular weight excluding hydrogens is 238 g/mol. The molecular formula is C16H27NO2. The topological polar surface area (TPSA) is 30.5 Å². The van der Waals surface area contributed by atoms with Crippen molar-refractivity contribution in [1.82, 2.24) is 5.32 Å². The third-order valence-electron chi connectivity index (χ3n) is 2.86. The minimum absolute atomic E-state index is 0.0785. The minimum Gasteiger partial charge on any atom is -0.373 e. The second-order valence-corrected chi connectivity index (χ2v) is 5.73. The number of ether oxygens (including phenoxy) is 2. The van der Waals surface area contributed by atoms with Crippen molar-refractivity contribution < 1.29 is 9.47 Å². The average Bonchev–Trinajstić information content (AvgIpc) is 2.33. The van der Waals surface area contributed by atoms with Gasteiger partial charge in [0.1, 0.15) is 0 Å². The van der Waals surface area contributed by atoms with E-state index in [1.807, 2.05) is 7.05 Å². The number of hydrogen-bond acceptors (Lipinski definition) is 3. The third kappa shape index (κ3) is 6.19. The van der Waals surface area contributed by atoms with E-state index in [9.17, 15) is 0 Å². The molecule has 0 amide bonds. The highest BCUT2D eigenvalue weighted by Crippen LogP contribution is 2.20. The highest BCUT2D eigenvalue weighted by Gasteiger charge is 2.14. The van der Waals surface area contributed by atoms with Crippen LogP contribution in [0.3, 0.4) is 0 Å². The van der Waals surface area contributed by atoms with Crippen molar-refractivity contribution in [2.45, 2.75) is 39.4 Å². The van der Waals surface area contributed by atoms with Crippen molar-refractivity contribution in [2.24, 2.45) is 0 Å². The molecule has 3 nitrogen and oxygen atoms in total. The molecule has 0 heterocycles. The smallest absolute Gasteiger partial charge is 0.0952 e. The maximum absolute atomic E-state index is 5.96. The Morgan fingerprint density at radius 3 is 2.42 bits per heavy atom. The second kappa shape index (κ2) is 7.63. The number of nitrogens with one attached hydrogen (secondary N) is 1. The van der Waals surface area contributed by atoms with Crippen LogP contribution in [-0.4, -0.2) is 32.4 Å². The molecule has 0 spiro atoms. The SMILES string of the molecule is CNCC(OCCOC(C)(C)C)c1ccccc1C. The van der Waals surface area contributed by atoms with Gasteiger partial charge in [-0.05, 0) is 45.9 Å². The molecule has 108 valence electrons. The Kier molecular flexibility index (Phi) is 6.49. The van der Waals surface area contributed by atoms with E-state index in [0.717, 1.165) is 6.54 Å². The molecule has 0 saturated heterocycles. The Morgan fingerprint density at radius 1 is 1.16 bits per heavy atom. The fraction of sp³-hybridized carbons (Fsp3) is 0.625. The lowest BCUT2D eigenvalue weighted by Crippen LogP contribution is -2.25. The van der Waals surface area contributed by atoms with E-state index in [2.05, 4.69) is 57.3 Å². The predicted molar refractivity (Wildman–Crippen MR) is 79.5 cm³/mol. The van der Waals surface area contributed by atoms with Crippen molar-refractivity contribution in [2.75, 3.05) is 26.8 Å². The van der Waals surface area contributed by atoms with Gasteiger partial charge in [0, 0.05) is 6.54 Å². The standard InChI is InChI=1S/C16H27NO2/c1-13-8-6-7-9-14(13)15(12-17-5)18-10-11-19-16(2,3)4/h6-9,15,17H,10-12H2,1-5H3. The Balaban J connectivity index is 2.52. The van der Waals surface area contributed by atoms with E-state index >= 15 is 0 Å². The zero-order chi connectivity index (χ0) is 14.3. The predicted octanol–water partition coefficient (Wildman–Crippen LogP) is 3.09. The summed E-state index contributed by atoms with van der Waals surface area (Å²) in [7, 11) is 1.94. The molecule has 1 unspecified atom stereocenters. The van der Waals surface area contributed by atoms with E-state index < -0.39 is 0 Å². The summed E-state index contributed by atoms with van der Waals surface area (Å²) in [5.74, 6) is 0. The van der Waals surface area contributed by atoms with Gasteiger partial charge in [-0.15, -0.1) is 0 Å². The van der Waals surface area contributed by atoms with Crippen LogP contribution in [0.25, 0.3) is 0 Å². The van der Waals surface area contributed by atoms with Gasteiger partial charge in [0.25, 0.3) is 0 Å². The molecule has 19 heavy (non-hydrogen) atoms. The molecule has 0 fully saturated rings. The molecule has 0 radical (unpaired) electrons. The summed E-state index contributed by atoms with van der Waals surface area (Å²) in [6.45, 7) is 10.3. The maximum Gasteiger partial charge on any atom is 0.0952 e. The lowest BCUT2D eigenvalue weighted by atomic mass is 10.0. The van der Waals surface area contributed by atoms with Crippen LogP contribution in [0.4, 0.5) is 0 Å². The summed E-state index contributed by atoms with van der Waals surface area (Å²) in [5.41, 5.74) is 2.40. The van der Waals surface area contributed by atoms with Crippen LogP contribution in [0.1, 0.15) is 38.0 Å². The molecule has 0 aliphatic carbocycles. The lowest BCUT2D eigenvalue weighted by molar-refractivity contribution is -0.0517. The first-order valence-corrected chi connectivity index (χ1v) is 6.90. The average molecular weight is 265 g/mol. The largest absolute Gasteiger partial charge is 0.373 e. The Bertz CT molecular complexity index is 371. The van der Waals surface area contributed by atoms with Gasteiger partial charge in [-0.2, -0.15) is 0 Å². The first-order valence-electron chi connectivity index (χ1n) is 6.90. The van der Waals surface area contributed by atoms with Gasteiger partial charge in [-0.3, -0.25) is 0 Å². The Labute approximate surface area is 117 Å². The lowest BCUT2D eigenvalue weighted by Gasteiger charge is -2.23. The van der Waals surface area contributed by atoms with E-state index in [1.165, 1.54) is 11.1 Å². The van der Waals surface area contributed by atoms with Crippen molar-refractivity contribution in [3.05, 3.63) is 35.4 Å². The highest BCUT2D eigenvalue weighted by atomic mass is 16.5. The summed E-state index contributed by atoms with van der Waals surface area (Å²) in [6, 6.07) is 8.35. The van der Waals surface area contributed by atoms with Crippen LogP contribution in [0, 0.1) is 6.92 Å². The molecule has 0 bridgehead atoms. The van der Waals surface area contributed by atoms with Gasteiger partial charge < -0.3 is 14.8 Å². The molecule has 1 N–H and O–H groups in total. The van der Waals surface area contributed by atoms with Gasteiger partial charge in [-0.1, -0.05) is 24.3 Å². The van der Waals surface area contributed by atoms with Gasteiger partial charge in [0.05, 0.1) is 24.9 Å². The number of hydrogen-bond donors (Lipinski definition) is 1. The maximum atomic E-state index is 5.96. The van der Waals surface area contributed by atoms with Crippen LogP contribution < -0.4 is 5.32 Å². The number of benzene rings is 1. The first kappa shape index (κ1) is 16.2. The van der Waals surface area contributed by atoms with Crippen molar-refractivity contribution in [3.63, 3.8) is 0 Å². The van der Waals surface area contributed by atoms with Crippen LogP contribution >= 0.6 is 0 Å². The summed E-state index contributed by atoms with van der Waals surface area (Å²) in [6.07, 6.45) is 0.0785. The van der Waals surface area contributed by atoms with Crippen LogP contribution in [-0.2, 0) is 9.47 Å². The molecule has 0 aliphatic heterocycles. The van der Waals surface area contributed by atoms with Gasteiger partial charge >= 0.3 is 0 Å². The van der Waals surface area contributed by atoms with Crippen LogP contribution in [0.2, 0.25) is 0 Å². The van der Waals surface area contributed by atoms with Crippen LogP contribution in [0.15, 0.2) is 24.3 Å². The molecule has 1 atom stereocenters. The van der Waals surface area contributed by atoms with Crippen molar-refractivity contribution >= 4 is 0 Å². The zero-order valence-electron chi connectivity index (χ0n) is 12.8. The number of aryl methyl sites for hydroxylation is 1. The van der Waals surface area contributed by atoms with E-state index in [-0.39, 0.29) is 11.7 Å². The monoisotopic (exact) mass is 265 g/mol. The highest BCUT2D eigenvalue weighted by molar-refractivity contribution is 5.28. The first-order chi connectivity index (χ1) is 8.94. The second-order valence-electron chi connectivity index (χ2n) is 5.73. The number of rotatable bonds is 7. The van der Waals surface area contributed by atoms with Crippen LogP contribution in [0.5, 0.6) is 0 Å². The van der Waals surface area contributed by atoms with Gasteiger partial charge in [0.2, 0.25) is 0 Å². The fourth-order valence-electron chi connectivity index (χ4n) is 1.93. The van der Waals surface area contributed by atoms with Gasteiger partial charge in [0.15, 0.2) is 0 Å². The Hall–Kier alpha value is -0.900. The summed E-state index contributed by atoms with van der Waals surface area (Å²) < 4.78 is 11.6. The fourth-order valence-corrected chi connectivity index (χ4v) is 1.93. The van der Waals surface area contributed by atoms with E-state index in [4.69, 9.17) is 9.47 Å². The number of likely N-dealkylation sites (N-methyl/N-ethyl adjacent to an activating group) is 1. The summed E-state index contributed by atoms with van der Waals surface area (Å²) in [5, 5.41) is 3.18. The van der Waals surface area contributed by atoms with Gasteiger partial charge in [-0.25, -0.2) is 0 Å². The zero-order valence-corrected chi connectivity index (χ0v) is 12.8. The van der Waals surface area contributed by atoms with E-state index in [0.29, 0.717) is 13.2 Å². The molecule has 0 aliphatic rings. The van der Waals surface area contributed by atoms with Crippen molar-refractivity contribution in [1.29, 1.82) is 0 Å². The molecule has 1 aromatic carbocycles. The minimum atomic E-state index is -0.107. The normalized spacial score (nSPS) is 13.5. The molecule has 1 aromatic rings. The van der Waals surface area contributed by atoms with Crippen molar-refractivity contribution in [3.8, 4) is 0 Å². The summed E-state index contributed by atoms with van der Waals surface area (Å²) >= 11 is 0. The molecule has 3 heteroatoms. The third-order valence-corrected chi connectivity index (χ3v) is 2.86. The molecule has 0 aromatic heterocycles. The molecule has 1 rings (SSSR count). The molecule has 0 saturated carbocycles. The summed E-state index contributed by atoms with van der Waals surface area (Å²) in [4.78, 5) is 0.